The molecule has 2 unspecified atom stereocenters. The fraction of sp³-hybridized carbons (Fsp3) is 0.500. The Morgan fingerprint density at radius 3 is 2.58 bits per heavy atom. The molecule has 0 radical (unpaired) electrons. The molecule has 2 saturated carbocycles. The molecule has 2 nitrogen and oxygen atoms in total. The highest BCUT2D eigenvalue weighted by molar-refractivity contribution is 5.85. The van der Waals surface area contributed by atoms with Gasteiger partial charge in [-0.05, 0) is 73.3 Å². The van der Waals surface area contributed by atoms with Gasteiger partial charge < -0.3 is 5.11 Å². The van der Waals surface area contributed by atoms with Gasteiger partial charge in [0.05, 0.1) is 5.41 Å². The molecule has 0 spiro atoms. The maximum atomic E-state index is 11.6. The van der Waals surface area contributed by atoms with Crippen LogP contribution in [0.2, 0.25) is 0 Å². The molecule has 0 aliphatic heterocycles. The molecule has 24 heavy (non-hydrogen) atoms. The molecule has 0 aromatic heterocycles. The Bertz CT molecular complexity index is 737. The first-order valence-electron chi connectivity index (χ1n) is 9.18. The van der Waals surface area contributed by atoms with Crippen LogP contribution in [0, 0.1) is 18.3 Å². The second-order valence-electron chi connectivity index (χ2n) is 7.34. The van der Waals surface area contributed by atoms with Gasteiger partial charge in [0.25, 0.3) is 0 Å². The summed E-state index contributed by atoms with van der Waals surface area (Å²) in [5.74, 6) is 0.358. The van der Waals surface area contributed by atoms with Gasteiger partial charge in [0, 0.05) is 5.92 Å². The van der Waals surface area contributed by atoms with Gasteiger partial charge in [-0.3, -0.25) is 4.79 Å². The number of aliphatic carboxylic acids is 1. The molecular weight excluding hydrogens is 296 g/mol. The summed E-state index contributed by atoms with van der Waals surface area (Å²) < 4.78 is 0. The van der Waals surface area contributed by atoms with E-state index in [1.807, 2.05) is 19.9 Å². The zero-order valence-electron chi connectivity index (χ0n) is 15.3. The van der Waals surface area contributed by atoms with Crippen LogP contribution in [0.4, 0.5) is 0 Å². The lowest BCUT2D eigenvalue weighted by atomic mass is 9.90. The third-order valence-electron chi connectivity index (χ3n) is 5.96. The number of allylic oxidation sites excluding steroid dienone is 1. The quantitative estimate of drug-likeness (QED) is 0.783. The SMILES string of the molecule is C=Cc1cc2c(c(C)c1/C=C(\C)C1CC1)C1CC1(C(=O)O)C2.CC. The summed E-state index contributed by atoms with van der Waals surface area (Å²) in [7, 11) is 0. The Morgan fingerprint density at radius 2 is 2.04 bits per heavy atom. The predicted octanol–water partition coefficient (Wildman–Crippen LogP) is 5.59. The van der Waals surface area contributed by atoms with E-state index >= 15 is 0 Å². The van der Waals surface area contributed by atoms with E-state index in [2.05, 4.69) is 32.6 Å². The molecule has 0 amide bonds. The number of carbonyl (C=O) groups is 1. The average Bonchev–Trinajstić information content (AvgIpc) is 3.48. The van der Waals surface area contributed by atoms with Crippen molar-refractivity contribution in [2.45, 2.75) is 59.3 Å². The van der Waals surface area contributed by atoms with Gasteiger partial charge in [0.2, 0.25) is 0 Å². The molecule has 4 rings (SSSR count). The van der Waals surface area contributed by atoms with Crippen LogP contribution in [0.15, 0.2) is 18.2 Å². The summed E-state index contributed by atoms with van der Waals surface area (Å²) in [5, 5.41) is 9.57. The van der Waals surface area contributed by atoms with Crippen molar-refractivity contribution in [3.63, 3.8) is 0 Å². The largest absolute Gasteiger partial charge is 0.481 e. The maximum absolute atomic E-state index is 11.6. The number of benzene rings is 1. The smallest absolute Gasteiger partial charge is 0.310 e. The van der Waals surface area contributed by atoms with Crippen molar-refractivity contribution in [2.75, 3.05) is 0 Å². The number of hydrogen-bond donors (Lipinski definition) is 1. The Kier molecular flexibility index (Phi) is 4.19. The molecule has 0 heterocycles. The van der Waals surface area contributed by atoms with Crippen molar-refractivity contribution in [3.05, 3.63) is 46.0 Å². The number of hydrogen-bond acceptors (Lipinski definition) is 1. The minimum atomic E-state index is -0.625. The van der Waals surface area contributed by atoms with Gasteiger partial charge in [0.15, 0.2) is 0 Å². The lowest BCUT2D eigenvalue weighted by Crippen LogP contribution is -2.15. The van der Waals surface area contributed by atoms with Gasteiger partial charge in [0.1, 0.15) is 0 Å². The van der Waals surface area contributed by atoms with Crippen molar-refractivity contribution >= 4 is 18.1 Å². The fourth-order valence-corrected chi connectivity index (χ4v) is 4.35. The molecule has 3 aliphatic rings. The molecule has 1 aromatic rings. The highest BCUT2D eigenvalue weighted by Crippen LogP contribution is 2.67. The molecule has 0 saturated heterocycles. The normalized spacial score (nSPS) is 26.8. The van der Waals surface area contributed by atoms with Crippen LogP contribution in [0.5, 0.6) is 0 Å². The molecule has 2 heteroatoms. The number of carboxylic acids is 1. The molecule has 1 N–H and O–H groups in total. The van der Waals surface area contributed by atoms with E-state index in [0.717, 1.165) is 17.9 Å². The van der Waals surface area contributed by atoms with Crippen molar-refractivity contribution < 1.29 is 9.90 Å². The molecule has 2 fully saturated rings. The van der Waals surface area contributed by atoms with Crippen LogP contribution in [-0.2, 0) is 11.2 Å². The molecule has 2 atom stereocenters. The van der Waals surface area contributed by atoms with Gasteiger partial charge in [-0.2, -0.15) is 0 Å². The zero-order valence-corrected chi connectivity index (χ0v) is 15.3. The summed E-state index contributed by atoms with van der Waals surface area (Å²) in [6.07, 6.45) is 8.34. The van der Waals surface area contributed by atoms with Crippen LogP contribution in [0.25, 0.3) is 12.2 Å². The Morgan fingerprint density at radius 1 is 1.38 bits per heavy atom. The molecule has 1 aromatic carbocycles. The van der Waals surface area contributed by atoms with E-state index in [0.29, 0.717) is 6.42 Å². The summed E-state index contributed by atoms with van der Waals surface area (Å²) in [6, 6.07) is 2.18. The van der Waals surface area contributed by atoms with Crippen molar-refractivity contribution in [1.82, 2.24) is 0 Å². The van der Waals surface area contributed by atoms with Crippen LogP contribution >= 0.6 is 0 Å². The minimum Gasteiger partial charge on any atom is -0.481 e. The van der Waals surface area contributed by atoms with Gasteiger partial charge in [-0.25, -0.2) is 0 Å². The van der Waals surface area contributed by atoms with Gasteiger partial charge >= 0.3 is 5.97 Å². The summed E-state index contributed by atoms with van der Waals surface area (Å²) in [4.78, 5) is 11.6. The number of fused-ring (bicyclic) bond motifs is 3. The second kappa shape index (κ2) is 5.91. The zero-order chi connectivity index (χ0) is 17.6. The topological polar surface area (TPSA) is 37.3 Å². The first-order chi connectivity index (χ1) is 11.5. The summed E-state index contributed by atoms with van der Waals surface area (Å²) in [6.45, 7) is 12.3. The highest BCUT2D eigenvalue weighted by atomic mass is 16.4. The first kappa shape index (κ1) is 17.0. The van der Waals surface area contributed by atoms with E-state index in [1.165, 1.54) is 40.7 Å². The summed E-state index contributed by atoms with van der Waals surface area (Å²) >= 11 is 0. The lowest BCUT2D eigenvalue weighted by molar-refractivity contribution is -0.143. The monoisotopic (exact) mass is 324 g/mol. The van der Waals surface area contributed by atoms with E-state index in [4.69, 9.17) is 0 Å². The van der Waals surface area contributed by atoms with Crippen molar-refractivity contribution in [3.8, 4) is 0 Å². The lowest BCUT2D eigenvalue weighted by Gasteiger charge is -2.15. The average molecular weight is 324 g/mol. The standard InChI is InChI=1S/C20H22O2.C2H6/c1-4-13-8-15-9-20(19(21)22)10-17(20)18(15)12(3)16(13)7-11(2)14-5-6-14;1-2/h4,7-8,14,17H,1,5-6,9-10H2,2-3H3,(H,21,22);1-2H3/b11-7+;. The van der Waals surface area contributed by atoms with E-state index in [-0.39, 0.29) is 5.92 Å². The molecular formula is C22H28O2. The van der Waals surface area contributed by atoms with Crippen LogP contribution in [0.1, 0.15) is 73.8 Å². The van der Waals surface area contributed by atoms with Crippen LogP contribution in [0.3, 0.4) is 0 Å². The first-order valence-corrected chi connectivity index (χ1v) is 9.18. The van der Waals surface area contributed by atoms with Crippen molar-refractivity contribution in [2.24, 2.45) is 11.3 Å². The van der Waals surface area contributed by atoms with Crippen molar-refractivity contribution in [1.29, 1.82) is 0 Å². The van der Waals surface area contributed by atoms with E-state index in [1.54, 1.807) is 0 Å². The third kappa shape index (κ3) is 2.44. The van der Waals surface area contributed by atoms with Gasteiger partial charge in [-0.1, -0.05) is 44.2 Å². The minimum absolute atomic E-state index is 0.229. The predicted molar refractivity (Wildman–Crippen MR) is 100 cm³/mol. The fourth-order valence-electron chi connectivity index (χ4n) is 4.35. The van der Waals surface area contributed by atoms with Gasteiger partial charge in [-0.15, -0.1) is 0 Å². The Hall–Kier alpha value is -1.83. The molecule has 128 valence electrons. The molecule has 3 aliphatic carbocycles. The van der Waals surface area contributed by atoms with Crippen LogP contribution in [-0.4, -0.2) is 11.1 Å². The second-order valence-corrected chi connectivity index (χ2v) is 7.34. The highest BCUT2D eigenvalue weighted by Gasteiger charge is 2.65. The summed E-state index contributed by atoms with van der Waals surface area (Å²) in [5.41, 5.74) is 7.17. The molecule has 0 bridgehead atoms. The van der Waals surface area contributed by atoms with E-state index in [9.17, 15) is 9.90 Å². The number of rotatable bonds is 4. The Balaban J connectivity index is 0.000000815. The third-order valence-corrected chi connectivity index (χ3v) is 5.96. The van der Waals surface area contributed by atoms with E-state index < -0.39 is 11.4 Å². The maximum Gasteiger partial charge on any atom is 0.310 e. The number of carboxylic acid groups (broad SMARTS) is 1. The Labute approximate surface area is 145 Å². The van der Waals surface area contributed by atoms with Crippen LogP contribution < -0.4 is 0 Å².